The van der Waals surface area contributed by atoms with Crippen LogP contribution in [0.15, 0.2) is 30.3 Å². The third kappa shape index (κ3) is 8.00. The molecule has 0 amide bonds. The first kappa shape index (κ1) is 22.4. The van der Waals surface area contributed by atoms with Crippen LogP contribution in [-0.4, -0.2) is 16.9 Å². The maximum absolute atomic E-state index is 12.3. The number of Topliss-reactive ketones (excluding diaryl/α,β-unsaturated/α-hetero) is 1. The van der Waals surface area contributed by atoms with Crippen LogP contribution >= 0.6 is 0 Å². The molecule has 0 bridgehead atoms. The van der Waals surface area contributed by atoms with E-state index in [2.05, 4.69) is 43.3 Å². The molecule has 1 aliphatic carbocycles. The molecule has 28 heavy (non-hydrogen) atoms. The molecule has 1 N–H and O–H groups in total. The molecule has 0 unspecified atom stereocenters. The van der Waals surface area contributed by atoms with Crippen LogP contribution in [0.25, 0.3) is 6.08 Å². The standard InChI is InChI=1S/C25H36O3/c1-2-3-6-9-20-12-14-21(15-13-20)16-17-22-18-19-24(26)23(22)10-7-4-5-8-11-25(27)28/h12-17,22-23H,2-11,18-19H2,1H3,(H,27,28)/t22-,23+/m0/s1. The second kappa shape index (κ2) is 12.5. The van der Waals surface area contributed by atoms with Gasteiger partial charge in [-0.1, -0.05) is 75.4 Å². The van der Waals surface area contributed by atoms with Gasteiger partial charge in [0.1, 0.15) is 5.78 Å². The van der Waals surface area contributed by atoms with Crippen molar-refractivity contribution in [3.8, 4) is 0 Å². The van der Waals surface area contributed by atoms with Crippen molar-refractivity contribution < 1.29 is 14.7 Å². The Labute approximate surface area is 170 Å². The maximum atomic E-state index is 12.3. The van der Waals surface area contributed by atoms with Gasteiger partial charge in [0.25, 0.3) is 0 Å². The second-order valence-corrected chi connectivity index (χ2v) is 8.18. The number of hydrogen-bond acceptors (Lipinski definition) is 2. The largest absolute Gasteiger partial charge is 0.481 e. The van der Waals surface area contributed by atoms with Gasteiger partial charge in [-0.05, 0) is 49.1 Å². The van der Waals surface area contributed by atoms with Gasteiger partial charge >= 0.3 is 5.97 Å². The summed E-state index contributed by atoms with van der Waals surface area (Å²) < 4.78 is 0. The highest BCUT2D eigenvalue weighted by Crippen LogP contribution is 2.34. The summed E-state index contributed by atoms with van der Waals surface area (Å²) in [7, 11) is 0. The number of carboxylic acid groups (broad SMARTS) is 1. The molecule has 1 aliphatic rings. The predicted molar refractivity (Wildman–Crippen MR) is 115 cm³/mol. The highest BCUT2D eigenvalue weighted by atomic mass is 16.4. The monoisotopic (exact) mass is 384 g/mol. The van der Waals surface area contributed by atoms with E-state index in [1.54, 1.807) is 0 Å². The summed E-state index contributed by atoms with van der Waals surface area (Å²) in [6, 6.07) is 8.82. The van der Waals surface area contributed by atoms with Crippen LogP contribution in [0.4, 0.5) is 0 Å². The Morgan fingerprint density at radius 3 is 2.54 bits per heavy atom. The van der Waals surface area contributed by atoms with Crippen molar-refractivity contribution >= 4 is 17.8 Å². The molecule has 3 nitrogen and oxygen atoms in total. The highest BCUT2D eigenvalue weighted by Gasteiger charge is 2.32. The van der Waals surface area contributed by atoms with E-state index in [9.17, 15) is 9.59 Å². The Morgan fingerprint density at radius 2 is 1.82 bits per heavy atom. The average Bonchev–Trinajstić information content (AvgIpc) is 3.03. The average molecular weight is 385 g/mol. The van der Waals surface area contributed by atoms with Crippen molar-refractivity contribution in [1.82, 2.24) is 0 Å². The first-order valence-corrected chi connectivity index (χ1v) is 11.1. The van der Waals surface area contributed by atoms with Crippen molar-refractivity contribution in [2.24, 2.45) is 11.8 Å². The van der Waals surface area contributed by atoms with Gasteiger partial charge in [-0.2, -0.15) is 0 Å². The Kier molecular flexibility index (Phi) is 10.0. The number of ketones is 1. The smallest absolute Gasteiger partial charge is 0.303 e. The minimum atomic E-state index is -0.717. The van der Waals surface area contributed by atoms with Gasteiger partial charge in [0, 0.05) is 18.8 Å². The number of unbranched alkanes of at least 4 members (excludes halogenated alkanes) is 5. The van der Waals surface area contributed by atoms with Crippen molar-refractivity contribution in [1.29, 1.82) is 0 Å². The van der Waals surface area contributed by atoms with Crippen LogP contribution in [0, 0.1) is 11.8 Å². The third-order valence-electron chi connectivity index (χ3n) is 5.89. The number of carbonyl (C=O) groups is 2. The summed E-state index contributed by atoms with van der Waals surface area (Å²) in [6.07, 6.45) is 16.0. The molecule has 0 aliphatic heterocycles. The zero-order valence-electron chi connectivity index (χ0n) is 17.4. The summed E-state index contributed by atoms with van der Waals surface area (Å²) in [5.74, 6) is 0.205. The lowest BCUT2D eigenvalue weighted by Crippen LogP contribution is -2.13. The molecule has 1 aromatic carbocycles. The molecule has 1 fully saturated rings. The van der Waals surface area contributed by atoms with Crippen molar-refractivity contribution in [3.63, 3.8) is 0 Å². The predicted octanol–water partition coefficient (Wildman–Crippen LogP) is 6.45. The van der Waals surface area contributed by atoms with E-state index in [4.69, 9.17) is 5.11 Å². The van der Waals surface area contributed by atoms with Gasteiger partial charge in [0.15, 0.2) is 0 Å². The van der Waals surface area contributed by atoms with Gasteiger partial charge < -0.3 is 5.11 Å². The van der Waals surface area contributed by atoms with Gasteiger partial charge in [0.2, 0.25) is 0 Å². The van der Waals surface area contributed by atoms with Crippen LogP contribution < -0.4 is 0 Å². The molecule has 0 radical (unpaired) electrons. The molecule has 1 saturated carbocycles. The van der Waals surface area contributed by atoms with Gasteiger partial charge in [-0.3, -0.25) is 9.59 Å². The maximum Gasteiger partial charge on any atom is 0.303 e. The SMILES string of the molecule is CCCCCc1ccc(C=C[C@H]2CCC(=O)[C@@H]2CCCCCCC(=O)O)cc1. The lowest BCUT2D eigenvalue weighted by atomic mass is 9.89. The molecule has 154 valence electrons. The molecular weight excluding hydrogens is 348 g/mol. The Hall–Kier alpha value is -1.90. The second-order valence-electron chi connectivity index (χ2n) is 8.18. The zero-order valence-corrected chi connectivity index (χ0v) is 17.4. The fourth-order valence-electron chi connectivity index (χ4n) is 4.14. The molecule has 0 saturated heterocycles. The molecule has 1 aromatic rings. The van der Waals surface area contributed by atoms with Crippen LogP contribution in [0.3, 0.4) is 0 Å². The van der Waals surface area contributed by atoms with Crippen LogP contribution in [0.2, 0.25) is 0 Å². The first-order valence-electron chi connectivity index (χ1n) is 11.1. The molecule has 3 heteroatoms. The number of hydrogen-bond donors (Lipinski definition) is 1. The van der Waals surface area contributed by atoms with E-state index in [1.165, 1.54) is 30.4 Å². The fourth-order valence-corrected chi connectivity index (χ4v) is 4.14. The molecular formula is C25H36O3. The van der Waals surface area contributed by atoms with Crippen LogP contribution in [0.5, 0.6) is 0 Å². The van der Waals surface area contributed by atoms with E-state index >= 15 is 0 Å². The summed E-state index contributed by atoms with van der Waals surface area (Å²) in [4.78, 5) is 22.8. The Bertz CT molecular complexity index is 630. The number of allylic oxidation sites excluding steroid dienone is 1. The van der Waals surface area contributed by atoms with Gasteiger partial charge in [0.05, 0.1) is 0 Å². The summed E-state index contributed by atoms with van der Waals surface area (Å²) in [5, 5.41) is 8.68. The summed E-state index contributed by atoms with van der Waals surface area (Å²) in [5.41, 5.74) is 2.62. The first-order chi connectivity index (χ1) is 13.6. The van der Waals surface area contributed by atoms with E-state index in [-0.39, 0.29) is 12.3 Å². The molecule has 2 rings (SSSR count). The van der Waals surface area contributed by atoms with E-state index in [0.717, 1.165) is 44.9 Å². The number of aliphatic carboxylic acids is 1. The lowest BCUT2D eigenvalue weighted by Gasteiger charge is -2.14. The molecule has 0 heterocycles. The van der Waals surface area contributed by atoms with Crippen LogP contribution in [-0.2, 0) is 16.0 Å². The van der Waals surface area contributed by atoms with Crippen molar-refractivity contribution in [2.75, 3.05) is 0 Å². The van der Waals surface area contributed by atoms with E-state index in [0.29, 0.717) is 18.1 Å². The van der Waals surface area contributed by atoms with Gasteiger partial charge in [-0.15, -0.1) is 0 Å². The zero-order chi connectivity index (χ0) is 20.2. The van der Waals surface area contributed by atoms with Crippen molar-refractivity contribution in [3.05, 3.63) is 41.5 Å². The summed E-state index contributed by atoms with van der Waals surface area (Å²) in [6.45, 7) is 2.23. The minimum Gasteiger partial charge on any atom is -0.481 e. The number of aryl methyl sites for hydroxylation is 1. The lowest BCUT2D eigenvalue weighted by molar-refractivity contribution is -0.137. The molecule has 0 aromatic heterocycles. The number of benzene rings is 1. The Morgan fingerprint density at radius 1 is 1.07 bits per heavy atom. The van der Waals surface area contributed by atoms with E-state index in [1.807, 2.05) is 0 Å². The fraction of sp³-hybridized carbons (Fsp3) is 0.600. The molecule has 2 atom stereocenters. The quantitative estimate of drug-likeness (QED) is 0.397. The minimum absolute atomic E-state index is 0.157. The summed E-state index contributed by atoms with van der Waals surface area (Å²) >= 11 is 0. The third-order valence-corrected chi connectivity index (χ3v) is 5.89. The number of carbonyl (C=O) groups excluding carboxylic acids is 1. The van der Waals surface area contributed by atoms with Crippen molar-refractivity contribution in [2.45, 2.75) is 84.0 Å². The topological polar surface area (TPSA) is 54.4 Å². The highest BCUT2D eigenvalue weighted by molar-refractivity contribution is 5.84. The van der Waals surface area contributed by atoms with E-state index < -0.39 is 5.97 Å². The van der Waals surface area contributed by atoms with Crippen LogP contribution in [0.1, 0.15) is 88.7 Å². The van der Waals surface area contributed by atoms with Gasteiger partial charge in [-0.25, -0.2) is 0 Å². The number of carboxylic acids is 1. The number of rotatable bonds is 13. The normalized spacial score (nSPS) is 19.5. The molecule has 0 spiro atoms. The Balaban J connectivity index is 1.77.